The highest BCUT2D eigenvalue weighted by atomic mass is 16.3. The van der Waals surface area contributed by atoms with Gasteiger partial charge in [-0.15, -0.1) is 0 Å². The minimum absolute atomic E-state index is 0.0784. The van der Waals surface area contributed by atoms with Crippen LogP contribution in [0.25, 0.3) is 0 Å². The van der Waals surface area contributed by atoms with Gasteiger partial charge in [0.15, 0.2) is 0 Å². The molecular weight excluding hydrogens is 138 g/mol. The zero-order valence-electron chi connectivity index (χ0n) is 7.58. The van der Waals surface area contributed by atoms with Crippen LogP contribution in [0.15, 0.2) is 0 Å². The molecule has 0 radical (unpaired) electrons. The van der Waals surface area contributed by atoms with Crippen LogP contribution >= 0.6 is 0 Å². The second-order valence-electron chi connectivity index (χ2n) is 3.75. The van der Waals surface area contributed by atoms with Crippen molar-refractivity contribution in [1.82, 2.24) is 4.90 Å². The zero-order chi connectivity index (χ0) is 8.27. The summed E-state index contributed by atoms with van der Waals surface area (Å²) in [5.41, 5.74) is 0. The van der Waals surface area contributed by atoms with Crippen molar-refractivity contribution in [3.63, 3.8) is 0 Å². The third kappa shape index (κ3) is 2.80. The first-order valence-electron chi connectivity index (χ1n) is 4.62. The number of piperidine rings is 1. The fraction of sp³-hybridized carbons (Fsp3) is 1.00. The van der Waals surface area contributed by atoms with Crippen LogP contribution in [0.1, 0.15) is 26.7 Å². The van der Waals surface area contributed by atoms with Gasteiger partial charge in [0.1, 0.15) is 0 Å². The summed E-state index contributed by atoms with van der Waals surface area (Å²) in [6.07, 6.45) is 2.10. The largest absolute Gasteiger partial charge is 0.392 e. The molecule has 0 aromatic rings. The summed E-state index contributed by atoms with van der Waals surface area (Å²) in [5.74, 6) is 0.672. The molecule has 1 saturated heterocycles. The van der Waals surface area contributed by atoms with E-state index in [1.165, 1.54) is 13.0 Å². The molecule has 0 spiro atoms. The van der Waals surface area contributed by atoms with Crippen LogP contribution in [0.5, 0.6) is 0 Å². The highest BCUT2D eigenvalue weighted by Crippen LogP contribution is 2.15. The summed E-state index contributed by atoms with van der Waals surface area (Å²) in [5, 5.41) is 9.43. The van der Waals surface area contributed by atoms with Crippen LogP contribution in [0, 0.1) is 5.92 Å². The van der Waals surface area contributed by atoms with Crippen molar-refractivity contribution in [2.24, 2.45) is 5.92 Å². The van der Waals surface area contributed by atoms with Gasteiger partial charge in [-0.2, -0.15) is 0 Å². The van der Waals surface area contributed by atoms with Crippen LogP contribution < -0.4 is 0 Å². The number of aliphatic hydroxyl groups is 1. The van der Waals surface area contributed by atoms with Crippen LogP contribution in [-0.2, 0) is 0 Å². The summed E-state index contributed by atoms with van der Waals surface area (Å²) in [6, 6.07) is 0. The highest BCUT2D eigenvalue weighted by molar-refractivity contribution is 4.75. The Morgan fingerprint density at radius 1 is 1.45 bits per heavy atom. The Kier molecular flexibility index (Phi) is 3.34. The summed E-state index contributed by atoms with van der Waals surface area (Å²) in [4.78, 5) is 2.36. The smallest absolute Gasteiger partial charge is 0.0670 e. The van der Waals surface area contributed by atoms with Gasteiger partial charge in [0, 0.05) is 13.1 Å². The molecule has 1 fully saturated rings. The zero-order valence-corrected chi connectivity index (χ0v) is 7.58. The predicted octanol–water partition coefficient (Wildman–Crippen LogP) is 1.10. The molecule has 0 amide bonds. The van der Waals surface area contributed by atoms with E-state index in [-0.39, 0.29) is 6.10 Å². The topological polar surface area (TPSA) is 23.5 Å². The molecular formula is C9H19NO. The highest BCUT2D eigenvalue weighted by Gasteiger charge is 2.21. The Balaban J connectivity index is 2.30. The quantitative estimate of drug-likeness (QED) is 0.649. The summed E-state index contributed by atoms with van der Waals surface area (Å²) < 4.78 is 0. The van der Waals surface area contributed by atoms with Crippen LogP contribution in [0.4, 0.5) is 0 Å². The molecule has 0 unspecified atom stereocenters. The number of hydrogen-bond donors (Lipinski definition) is 1. The summed E-state index contributed by atoms with van der Waals surface area (Å²) in [6.45, 7) is 7.60. The molecule has 0 aliphatic carbocycles. The van der Waals surface area contributed by atoms with E-state index >= 15 is 0 Å². The molecule has 1 aliphatic heterocycles. The van der Waals surface area contributed by atoms with Crippen molar-refractivity contribution in [3.05, 3.63) is 0 Å². The summed E-state index contributed by atoms with van der Waals surface area (Å²) in [7, 11) is 0. The molecule has 2 nitrogen and oxygen atoms in total. The van der Waals surface area contributed by atoms with E-state index in [4.69, 9.17) is 0 Å². The monoisotopic (exact) mass is 157 g/mol. The molecule has 1 N–H and O–H groups in total. The lowest BCUT2D eigenvalue weighted by molar-refractivity contribution is 0.0449. The Labute approximate surface area is 69.2 Å². The van der Waals surface area contributed by atoms with Crippen molar-refractivity contribution < 1.29 is 5.11 Å². The molecule has 0 aromatic heterocycles. The fourth-order valence-corrected chi connectivity index (χ4v) is 1.93. The molecule has 0 saturated carbocycles. The van der Waals surface area contributed by atoms with Crippen molar-refractivity contribution >= 4 is 0 Å². The summed E-state index contributed by atoms with van der Waals surface area (Å²) >= 11 is 0. The average Bonchev–Trinajstić information content (AvgIpc) is 1.85. The number of aliphatic hydroxyl groups excluding tert-OH is 1. The van der Waals surface area contributed by atoms with Gasteiger partial charge in [0.25, 0.3) is 0 Å². The number of β-amino-alcohol motifs (C(OH)–C–C–N with tert-alkyl or cyclic N) is 1. The van der Waals surface area contributed by atoms with Crippen molar-refractivity contribution in [2.45, 2.75) is 32.8 Å². The fourth-order valence-electron chi connectivity index (χ4n) is 1.93. The third-order valence-corrected chi connectivity index (χ3v) is 2.25. The van der Waals surface area contributed by atoms with Crippen LogP contribution in [0.2, 0.25) is 0 Å². The molecule has 66 valence electrons. The second kappa shape index (κ2) is 4.07. The average molecular weight is 157 g/mol. The van der Waals surface area contributed by atoms with Crippen LogP contribution in [-0.4, -0.2) is 35.7 Å². The minimum Gasteiger partial charge on any atom is -0.392 e. The molecule has 2 heteroatoms. The van der Waals surface area contributed by atoms with E-state index in [9.17, 15) is 5.11 Å². The predicted molar refractivity (Wildman–Crippen MR) is 46.5 cm³/mol. The van der Waals surface area contributed by atoms with E-state index in [1.807, 2.05) is 0 Å². The lowest BCUT2D eigenvalue weighted by Gasteiger charge is -2.33. The van der Waals surface area contributed by atoms with Gasteiger partial charge in [-0.05, 0) is 25.3 Å². The molecule has 0 aromatic carbocycles. The molecule has 0 bridgehead atoms. The standard InChI is InChI=1S/C9H19NO/c1-3-4-10-6-8(2)5-9(11)7-10/h8-9,11H,3-7H2,1-2H3/t8-,9+/m0/s1. The Bertz CT molecular complexity index is 106. The maximum atomic E-state index is 9.43. The number of rotatable bonds is 2. The normalized spacial score (nSPS) is 34.1. The molecule has 1 heterocycles. The van der Waals surface area contributed by atoms with Gasteiger partial charge in [-0.25, -0.2) is 0 Å². The Hall–Kier alpha value is -0.0800. The van der Waals surface area contributed by atoms with E-state index in [0.717, 1.165) is 19.5 Å². The van der Waals surface area contributed by atoms with Gasteiger partial charge in [0.05, 0.1) is 6.10 Å². The number of likely N-dealkylation sites (tertiary alicyclic amines) is 1. The Morgan fingerprint density at radius 3 is 2.73 bits per heavy atom. The molecule has 11 heavy (non-hydrogen) atoms. The van der Waals surface area contributed by atoms with Gasteiger partial charge in [-0.1, -0.05) is 13.8 Å². The first-order valence-corrected chi connectivity index (χ1v) is 4.62. The van der Waals surface area contributed by atoms with E-state index in [0.29, 0.717) is 5.92 Å². The van der Waals surface area contributed by atoms with Crippen LogP contribution in [0.3, 0.4) is 0 Å². The first-order chi connectivity index (χ1) is 5.22. The lowest BCUT2D eigenvalue weighted by atomic mass is 9.98. The van der Waals surface area contributed by atoms with E-state index in [2.05, 4.69) is 18.7 Å². The second-order valence-corrected chi connectivity index (χ2v) is 3.75. The minimum atomic E-state index is -0.0784. The van der Waals surface area contributed by atoms with Crippen molar-refractivity contribution in [2.75, 3.05) is 19.6 Å². The third-order valence-electron chi connectivity index (χ3n) is 2.25. The Morgan fingerprint density at radius 2 is 2.18 bits per heavy atom. The van der Waals surface area contributed by atoms with Gasteiger partial charge < -0.3 is 10.0 Å². The molecule has 1 rings (SSSR count). The van der Waals surface area contributed by atoms with Crippen molar-refractivity contribution in [1.29, 1.82) is 0 Å². The SMILES string of the molecule is CCCN1C[C@@H](C)C[C@@H](O)C1. The molecule has 1 aliphatic rings. The molecule has 2 atom stereocenters. The maximum absolute atomic E-state index is 9.43. The van der Waals surface area contributed by atoms with Gasteiger partial charge >= 0.3 is 0 Å². The van der Waals surface area contributed by atoms with E-state index < -0.39 is 0 Å². The van der Waals surface area contributed by atoms with Gasteiger partial charge in [0.2, 0.25) is 0 Å². The van der Waals surface area contributed by atoms with Gasteiger partial charge in [-0.3, -0.25) is 0 Å². The first kappa shape index (κ1) is 9.01. The number of hydrogen-bond acceptors (Lipinski definition) is 2. The number of nitrogens with zero attached hydrogens (tertiary/aromatic N) is 1. The maximum Gasteiger partial charge on any atom is 0.0670 e. The lowest BCUT2D eigenvalue weighted by Crippen LogP contribution is -2.42. The van der Waals surface area contributed by atoms with Crippen molar-refractivity contribution in [3.8, 4) is 0 Å². The van der Waals surface area contributed by atoms with E-state index in [1.54, 1.807) is 0 Å².